The number of hydroxylamine groups is 2. The van der Waals surface area contributed by atoms with Crippen LogP contribution in [0, 0.1) is 10.1 Å². The number of nitrogens with zero attached hydrogens (tertiary/aromatic N) is 3. The molecule has 0 amide bonds. The maximum absolute atomic E-state index is 12.2. The third-order valence-electron chi connectivity index (χ3n) is 3.43. The molecule has 0 spiro atoms. The maximum atomic E-state index is 12.2. The van der Waals surface area contributed by atoms with E-state index in [0.29, 0.717) is 16.5 Å². The average Bonchev–Trinajstić information content (AvgIpc) is 2.63. The van der Waals surface area contributed by atoms with Crippen LogP contribution in [0.5, 0.6) is 0 Å². The fourth-order valence-corrected chi connectivity index (χ4v) is 2.21. The molecule has 1 aliphatic carbocycles. The van der Waals surface area contributed by atoms with Gasteiger partial charge in [-0.1, -0.05) is 6.08 Å². The van der Waals surface area contributed by atoms with Crippen LogP contribution < -0.4 is 0 Å². The van der Waals surface area contributed by atoms with Crippen LogP contribution in [-0.2, 0) is 9.59 Å². The van der Waals surface area contributed by atoms with Crippen LogP contribution in [0.4, 0.5) is 0 Å². The number of rotatable bonds is 3. The van der Waals surface area contributed by atoms with E-state index in [-0.39, 0.29) is 11.4 Å². The number of allylic oxidation sites excluding steroid dienone is 6. The first kappa shape index (κ1) is 15.4. The zero-order valence-corrected chi connectivity index (χ0v) is 11.8. The van der Waals surface area contributed by atoms with Crippen LogP contribution in [0.15, 0.2) is 46.7 Å². The van der Waals surface area contributed by atoms with Crippen molar-refractivity contribution in [3.05, 3.63) is 56.8 Å². The highest BCUT2D eigenvalue weighted by Gasteiger charge is 2.37. The Labute approximate surface area is 124 Å². The number of carboxylic acids is 1. The van der Waals surface area contributed by atoms with Crippen molar-refractivity contribution in [2.24, 2.45) is 0 Å². The summed E-state index contributed by atoms with van der Waals surface area (Å²) in [6, 6.07) is 0. The van der Waals surface area contributed by atoms with Crippen molar-refractivity contribution in [2.45, 2.75) is 13.8 Å². The largest absolute Gasteiger partial charge is 0.480 e. The average molecular weight is 307 g/mol. The Balaban J connectivity index is 2.56. The standard InChI is InChI=1S/C13H13N3O6/c1-7-8(2)15(20)13(14(7)6-11(17)18)9-4-3-5-10(12(9)19)16(21)22/h3-5,20H,6H2,1-2H3,(H,17,18). The van der Waals surface area contributed by atoms with Crippen LogP contribution in [0.2, 0.25) is 0 Å². The van der Waals surface area contributed by atoms with Gasteiger partial charge in [-0.15, -0.1) is 0 Å². The van der Waals surface area contributed by atoms with Gasteiger partial charge in [-0.25, -0.2) is 5.06 Å². The van der Waals surface area contributed by atoms with E-state index in [1.54, 1.807) is 13.8 Å². The summed E-state index contributed by atoms with van der Waals surface area (Å²) >= 11 is 0. The molecule has 2 N–H and O–H groups in total. The number of hydrogen-bond acceptors (Lipinski definition) is 7. The molecule has 1 aliphatic heterocycles. The minimum Gasteiger partial charge on any atom is -0.480 e. The fourth-order valence-electron chi connectivity index (χ4n) is 2.21. The molecule has 0 fully saturated rings. The fraction of sp³-hybridized carbons (Fsp3) is 0.231. The molecule has 22 heavy (non-hydrogen) atoms. The van der Waals surface area contributed by atoms with Crippen molar-refractivity contribution < 1.29 is 24.8 Å². The molecule has 2 rings (SSSR count). The second-order valence-corrected chi connectivity index (χ2v) is 4.70. The van der Waals surface area contributed by atoms with Crippen LogP contribution in [0.3, 0.4) is 0 Å². The molecular weight excluding hydrogens is 294 g/mol. The lowest BCUT2D eigenvalue weighted by atomic mass is 10.0. The number of carboxylic acid groups (broad SMARTS) is 1. The van der Waals surface area contributed by atoms with Gasteiger partial charge in [-0.2, -0.15) is 0 Å². The molecule has 9 nitrogen and oxygen atoms in total. The molecule has 0 unspecified atom stereocenters. The number of ketones is 1. The lowest BCUT2D eigenvalue weighted by Crippen LogP contribution is -2.31. The predicted octanol–water partition coefficient (Wildman–Crippen LogP) is 0.840. The minimum absolute atomic E-state index is 0.105. The Morgan fingerprint density at radius 1 is 1.36 bits per heavy atom. The summed E-state index contributed by atoms with van der Waals surface area (Å²) < 4.78 is 0. The van der Waals surface area contributed by atoms with Crippen LogP contribution in [0.1, 0.15) is 13.8 Å². The number of nitro groups is 1. The second kappa shape index (κ2) is 5.45. The number of carbonyl (C=O) groups excluding carboxylic acids is 1. The number of hydrogen-bond donors (Lipinski definition) is 2. The van der Waals surface area contributed by atoms with E-state index in [4.69, 9.17) is 5.11 Å². The van der Waals surface area contributed by atoms with Crippen molar-refractivity contribution in [1.82, 2.24) is 9.96 Å². The summed E-state index contributed by atoms with van der Waals surface area (Å²) in [5.74, 6) is -2.16. The van der Waals surface area contributed by atoms with E-state index in [2.05, 4.69) is 0 Å². The van der Waals surface area contributed by atoms with Gasteiger partial charge in [0.15, 0.2) is 5.82 Å². The van der Waals surface area contributed by atoms with Crippen molar-refractivity contribution in [2.75, 3.05) is 6.54 Å². The van der Waals surface area contributed by atoms with Crippen molar-refractivity contribution in [3.8, 4) is 0 Å². The molecule has 0 bridgehead atoms. The summed E-state index contributed by atoms with van der Waals surface area (Å²) in [4.78, 5) is 34.4. The maximum Gasteiger partial charge on any atom is 0.323 e. The first-order valence-electron chi connectivity index (χ1n) is 6.23. The van der Waals surface area contributed by atoms with Gasteiger partial charge in [0.2, 0.25) is 0 Å². The summed E-state index contributed by atoms with van der Waals surface area (Å²) in [6.45, 7) is 2.63. The Morgan fingerprint density at radius 2 is 2.00 bits per heavy atom. The van der Waals surface area contributed by atoms with Gasteiger partial charge in [0.05, 0.1) is 16.2 Å². The molecule has 1 heterocycles. The zero-order chi connectivity index (χ0) is 16.6. The Hall–Kier alpha value is -2.94. The first-order chi connectivity index (χ1) is 10.3. The lowest BCUT2D eigenvalue weighted by Gasteiger charge is -2.24. The summed E-state index contributed by atoms with van der Waals surface area (Å²) in [5.41, 5.74) is -0.0157. The zero-order valence-electron chi connectivity index (χ0n) is 11.8. The van der Waals surface area contributed by atoms with E-state index in [1.807, 2.05) is 0 Å². The molecule has 0 atom stereocenters. The van der Waals surface area contributed by atoms with Gasteiger partial charge in [0.1, 0.15) is 6.54 Å². The Kier molecular flexibility index (Phi) is 3.83. The Bertz CT molecular complexity index is 701. The topological polar surface area (TPSA) is 124 Å². The highest BCUT2D eigenvalue weighted by Crippen LogP contribution is 2.34. The molecule has 0 saturated heterocycles. The number of aliphatic carboxylic acids is 1. The smallest absolute Gasteiger partial charge is 0.323 e. The van der Waals surface area contributed by atoms with E-state index >= 15 is 0 Å². The number of Topliss-reactive ketones (excluding diaryl/α,β-unsaturated/α-hetero) is 1. The lowest BCUT2D eigenvalue weighted by molar-refractivity contribution is -0.418. The minimum atomic E-state index is -1.17. The van der Waals surface area contributed by atoms with Gasteiger partial charge in [0.25, 0.3) is 5.78 Å². The molecular formula is C13H13N3O6. The highest BCUT2D eigenvalue weighted by molar-refractivity contribution is 6.10. The molecule has 2 aliphatic rings. The molecule has 116 valence electrons. The molecule has 0 aromatic rings. The summed E-state index contributed by atoms with van der Waals surface area (Å²) in [5, 5.41) is 30.6. The second-order valence-electron chi connectivity index (χ2n) is 4.70. The van der Waals surface area contributed by atoms with Crippen molar-refractivity contribution in [1.29, 1.82) is 0 Å². The first-order valence-corrected chi connectivity index (χ1v) is 6.23. The number of carbonyl (C=O) groups is 2. The highest BCUT2D eigenvalue weighted by atomic mass is 16.6. The van der Waals surface area contributed by atoms with Crippen LogP contribution in [-0.4, -0.2) is 43.5 Å². The van der Waals surface area contributed by atoms with Gasteiger partial charge in [-0.3, -0.25) is 24.9 Å². The van der Waals surface area contributed by atoms with Crippen LogP contribution >= 0.6 is 0 Å². The van der Waals surface area contributed by atoms with Crippen LogP contribution in [0.25, 0.3) is 0 Å². The molecule has 9 heteroatoms. The third-order valence-corrected chi connectivity index (χ3v) is 3.43. The van der Waals surface area contributed by atoms with Gasteiger partial charge < -0.3 is 10.0 Å². The van der Waals surface area contributed by atoms with Crippen molar-refractivity contribution in [3.63, 3.8) is 0 Å². The predicted molar refractivity (Wildman–Crippen MR) is 72.6 cm³/mol. The molecule has 0 aromatic carbocycles. The summed E-state index contributed by atoms with van der Waals surface area (Å²) in [6.07, 6.45) is 3.66. The van der Waals surface area contributed by atoms with E-state index in [9.17, 15) is 24.9 Å². The summed E-state index contributed by atoms with van der Waals surface area (Å²) in [7, 11) is 0. The van der Waals surface area contributed by atoms with E-state index in [0.717, 1.165) is 6.08 Å². The van der Waals surface area contributed by atoms with Gasteiger partial charge in [0, 0.05) is 11.8 Å². The Morgan fingerprint density at radius 3 is 2.55 bits per heavy atom. The van der Waals surface area contributed by atoms with Crippen molar-refractivity contribution >= 4 is 11.8 Å². The normalized spacial score (nSPS) is 21.6. The van der Waals surface area contributed by atoms with Gasteiger partial charge >= 0.3 is 11.7 Å². The molecule has 0 saturated carbocycles. The quantitative estimate of drug-likeness (QED) is 0.446. The third kappa shape index (κ3) is 2.37. The van der Waals surface area contributed by atoms with Gasteiger partial charge in [-0.05, 0) is 19.9 Å². The van der Waals surface area contributed by atoms with E-state index < -0.39 is 28.9 Å². The monoisotopic (exact) mass is 307 g/mol. The molecule has 0 radical (unpaired) electrons. The SMILES string of the molecule is CC1=C(C)N(CC(=O)O)C(=C2C=CC=C([N+](=O)[O-])C2=O)N1O. The molecule has 0 aromatic heterocycles. The van der Waals surface area contributed by atoms with E-state index in [1.165, 1.54) is 17.1 Å².